The van der Waals surface area contributed by atoms with Crippen molar-refractivity contribution in [1.82, 2.24) is 0 Å². The van der Waals surface area contributed by atoms with Crippen molar-refractivity contribution < 1.29 is 14.3 Å². The van der Waals surface area contributed by atoms with E-state index >= 15 is 0 Å². The van der Waals surface area contributed by atoms with E-state index in [1.165, 1.54) is 0 Å². The van der Waals surface area contributed by atoms with Crippen molar-refractivity contribution in [3.8, 4) is 0 Å². The molecule has 0 saturated heterocycles. The normalized spacial score (nSPS) is 23.0. The van der Waals surface area contributed by atoms with Gasteiger partial charge in [-0.2, -0.15) is 0 Å². The molecule has 3 nitrogen and oxygen atoms in total. The van der Waals surface area contributed by atoms with Gasteiger partial charge >= 0.3 is 5.97 Å². The Hall–Kier alpha value is -1.90. The summed E-state index contributed by atoms with van der Waals surface area (Å²) in [6.07, 6.45) is 4.79. The van der Waals surface area contributed by atoms with E-state index in [9.17, 15) is 9.59 Å². The highest BCUT2D eigenvalue weighted by Gasteiger charge is 2.47. The number of rotatable bonds is 4. The van der Waals surface area contributed by atoms with Gasteiger partial charge in [0, 0.05) is 5.41 Å². The smallest absolute Gasteiger partial charge is 0.338 e. The molecule has 1 atom stereocenters. The lowest BCUT2D eigenvalue weighted by Crippen LogP contribution is -2.40. The first kappa shape index (κ1) is 15.5. The van der Waals surface area contributed by atoms with Crippen LogP contribution in [0.4, 0.5) is 0 Å². The molecule has 1 aliphatic rings. The first-order chi connectivity index (χ1) is 9.76. The Labute approximate surface area is 126 Å². The number of hydrogen-bond donors (Lipinski definition) is 0. The number of carbonyl (C=O) groups is 2. The van der Waals surface area contributed by atoms with Crippen LogP contribution in [0.1, 0.15) is 43.1 Å². The summed E-state index contributed by atoms with van der Waals surface area (Å²) >= 11 is 0. The van der Waals surface area contributed by atoms with E-state index in [-0.39, 0.29) is 17.8 Å². The molecule has 1 aliphatic carbocycles. The molecular formula is C18H22O3. The predicted molar refractivity (Wildman–Crippen MR) is 82.1 cm³/mol. The minimum absolute atomic E-state index is 0.0292. The molecule has 112 valence electrons. The van der Waals surface area contributed by atoms with Gasteiger partial charge in [0.15, 0.2) is 12.4 Å². The van der Waals surface area contributed by atoms with Gasteiger partial charge in [0.05, 0.1) is 5.56 Å². The third kappa shape index (κ3) is 2.92. The molecule has 3 heteroatoms. The topological polar surface area (TPSA) is 43.4 Å². The monoisotopic (exact) mass is 286 g/mol. The van der Waals surface area contributed by atoms with Crippen molar-refractivity contribution in [2.75, 3.05) is 6.61 Å². The van der Waals surface area contributed by atoms with Crippen LogP contribution in [0.25, 0.3) is 0 Å². The molecular weight excluding hydrogens is 264 g/mol. The molecule has 0 radical (unpaired) electrons. The van der Waals surface area contributed by atoms with Gasteiger partial charge < -0.3 is 4.74 Å². The van der Waals surface area contributed by atoms with Crippen LogP contribution >= 0.6 is 0 Å². The summed E-state index contributed by atoms with van der Waals surface area (Å²) in [5.74, 6) is -0.474. The molecule has 0 aromatic heterocycles. The highest BCUT2D eigenvalue weighted by molar-refractivity contribution is 5.93. The average molecular weight is 286 g/mol. The summed E-state index contributed by atoms with van der Waals surface area (Å²) in [6, 6.07) is 7.17. The molecule has 0 saturated carbocycles. The van der Waals surface area contributed by atoms with E-state index < -0.39 is 11.4 Å². The average Bonchev–Trinajstić information content (AvgIpc) is 2.70. The zero-order valence-corrected chi connectivity index (χ0v) is 13.1. The number of ketones is 1. The maximum atomic E-state index is 12.5. The van der Waals surface area contributed by atoms with Crippen LogP contribution in [0.2, 0.25) is 0 Å². The maximum Gasteiger partial charge on any atom is 0.338 e. The summed E-state index contributed by atoms with van der Waals surface area (Å²) < 4.78 is 5.20. The summed E-state index contributed by atoms with van der Waals surface area (Å²) in [5.41, 5.74) is 0.764. The van der Waals surface area contributed by atoms with Crippen LogP contribution in [0.15, 0.2) is 36.4 Å². The minimum atomic E-state index is -0.500. The van der Waals surface area contributed by atoms with Crippen LogP contribution < -0.4 is 0 Å². The summed E-state index contributed by atoms with van der Waals surface area (Å²) in [7, 11) is 0. The fourth-order valence-corrected chi connectivity index (χ4v) is 2.66. The third-order valence-electron chi connectivity index (χ3n) is 4.69. The number of carbonyl (C=O) groups excluding carboxylic acids is 2. The molecule has 0 amide bonds. The Morgan fingerprint density at radius 1 is 1.24 bits per heavy atom. The van der Waals surface area contributed by atoms with E-state index in [0.29, 0.717) is 12.0 Å². The number of aryl methyl sites for hydroxylation is 1. The standard InChI is InChI=1S/C18H22O3/c1-13-7-5-8-14(11-13)16(20)21-12-15(19)18(4)10-6-9-17(18,2)3/h5-9,11H,10,12H2,1-4H3/t18-/m1/s1. The first-order valence-electron chi connectivity index (χ1n) is 7.21. The number of allylic oxidation sites excluding steroid dienone is 2. The van der Waals surface area contributed by atoms with Gasteiger partial charge in [-0.15, -0.1) is 0 Å². The summed E-state index contributed by atoms with van der Waals surface area (Å²) in [6.45, 7) is 7.76. The first-order valence-corrected chi connectivity index (χ1v) is 7.21. The molecule has 0 aliphatic heterocycles. The molecule has 0 bridgehead atoms. The highest BCUT2D eigenvalue weighted by atomic mass is 16.5. The minimum Gasteiger partial charge on any atom is -0.454 e. The summed E-state index contributed by atoms with van der Waals surface area (Å²) in [5, 5.41) is 0. The number of hydrogen-bond acceptors (Lipinski definition) is 3. The fourth-order valence-electron chi connectivity index (χ4n) is 2.66. The Balaban J connectivity index is 2.00. The summed E-state index contributed by atoms with van der Waals surface area (Å²) in [4.78, 5) is 24.5. The zero-order valence-electron chi connectivity index (χ0n) is 13.1. The van der Waals surface area contributed by atoms with E-state index in [1.54, 1.807) is 18.2 Å². The van der Waals surface area contributed by atoms with E-state index in [0.717, 1.165) is 5.56 Å². The lowest BCUT2D eigenvalue weighted by Gasteiger charge is -2.36. The molecule has 21 heavy (non-hydrogen) atoms. The number of esters is 1. The van der Waals surface area contributed by atoms with Gasteiger partial charge in [0.1, 0.15) is 0 Å². The molecule has 2 rings (SSSR count). The van der Waals surface area contributed by atoms with Gasteiger partial charge in [-0.05, 0) is 30.9 Å². The predicted octanol–water partition coefficient (Wildman–Crippen LogP) is 3.71. The van der Waals surface area contributed by atoms with Crippen molar-refractivity contribution in [3.63, 3.8) is 0 Å². The second-order valence-electron chi connectivity index (χ2n) is 6.53. The molecule has 1 aromatic carbocycles. The molecule has 0 fully saturated rings. The van der Waals surface area contributed by atoms with Gasteiger partial charge in [-0.25, -0.2) is 4.79 Å². The number of benzene rings is 1. The maximum absolute atomic E-state index is 12.5. The van der Waals surface area contributed by atoms with Crippen LogP contribution in [-0.2, 0) is 9.53 Å². The largest absolute Gasteiger partial charge is 0.454 e. The molecule has 1 aromatic rings. The Bertz CT molecular complexity index is 598. The van der Waals surface area contributed by atoms with Gasteiger partial charge in [-0.3, -0.25) is 4.79 Å². The lowest BCUT2D eigenvalue weighted by atomic mass is 9.66. The van der Waals surface area contributed by atoms with Crippen molar-refractivity contribution in [2.24, 2.45) is 10.8 Å². The quantitative estimate of drug-likeness (QED) is 0.626. The van der Waals surface area contributed by atoms with Crippen LogP contribution in [0.3, 0.4) is 0 Å². The third-order valence-corrected chi connectivity index (χ3v) is 4.69. The van der Waals surface area contributed by atoms with Crippen molar-refractivity contribution in [1.29, 1.82) is 0 Å². The number of Topliss-reactive ketones (excluding diaryl/α,β-unsaturated/α-hetero) is 1. The van der Waals surface area contributed by atoms with E-state index in [2.05, 4.69) is 6.08 Å². The molecule has 0 spiro atoms. The molecule has 0 unspecified atom stereocenters. The van der Waals surface area contributed by atoms with Gasteiger partial charge in [-0.1, -0.05) is 50.6 Å². The fraction of sp³-hybridized carbons (Fsp3) is 0.444. The zero-order chi connectivity index (χ0) is 15.7. The number of ether oxygens (including phenoxy) is 1. The highest BCUT2D eigenvalue weighted by Crippen LogP contribution is 2.48. The van der Waals surface area contributed by atoms with Gasteiger partial charge in [0.2, 0.25) is 0 Å². The lowest BCUT2D eigenvalue weighted by molar-refractivity contribution is -0.135. The van der Waals surface area contributed by atoms with Crippen molar-refractivity contribution in [2.45, 2.75) is 34.1 Å². The Morgan fingerprint density at radius 3 is 2.52 bits per heavy atom. The Kier molecular flexibility index (Phi) is 4.04. The SMILES string of the molecule is Cc1cccc(C(=O)OCC(=O)[C@@]2(C)CC=CC2(C)C)c1. The second kappa shape index (κ2) is 5.47. The van der Waals surface area contributed by atoms with E-state index in [4.69, 9.17) is 4.74 Å². The molecule has 0 heterocycles. The van der Waals surface area contributed by atoms with Crippen molar-refractivity contribution >= 4 is 11.8 Å². The van der Waals surface area contributed by atoms with Crippen LogP contribution in [0, 0.1) is 17.8 Å². The van der Waals surface area contributed by atoms with Crippen molar-refractivity contribution in [3.05, 3.63) is 47.5 Å². The van der Waals surface area contributed by atoms with Crippen LogP contribution in [-0.4, -0.2) is 18.4 Å². The van der Waals surface area contributed by atoms with Crippen LogP contribution in [0.5, 0.6) is 0 Å². The van der Waals surface area contributed by atoms with Gasteiger partial charge in [0.25, 0.3) is 0 Å². The van der Waals surface area contributed by atoms with E-state index in [1.807, 2.05) is 39.8 Å². The second-order valence-corrected chi connectivity index (χ2v) is 6.53. The molecule has 0 N–H and O–H groups in total. The Morgan fingerprint density at radius 2 is 1.95 bits per heavy atom.